The van der Waals surface area contributed by atoms with E-state index in [2.05, 4.69) is 15.4 Å². The summed E-state index contributed by atoms with van der Waals surface area (Å²) in [4.78, 5) is 35.9. The van der Waals surface area contributed by atoms with Gasteiger partial charge in [0.25, 0.3) is 0 Å². The van der Waals surface area contributed by atoms with Crippen LogP contribution in [0.5, 0.6) is 0 Å². The molecule has 2 rings (SSSR count). The minimum absolute atomic E-state index is 0.0655. The van der Waals surface area contributed by atoms with E-state index in [9.17, 15) is 14.4 Å². The second-order valence-corrected chi connectivity index (χ2v) is 6.27. The fourth-order valence-electron chi connectivity index (χ4n) is 2.51. The van der Waals surface area contributed by atoms with Crippen molar-refractivity contribution < 1.29 is 19.1 Å². The van der Waals surface area contributed by atoms with E-state index in [0.717, 1.165) is 5.56 Å². The Morgan fingerprint density at radius 2 is 1.67 bits per heavy atom. The van der Waals surface area contributed by atoms with Gasteiger partial charge in [-0.15, -0.1) is 0 Å². The third kappa shape index (κ3) is 6.75. The molecule has 0 spiro atoms. The third-order valence-electron chi connectivity index (χ3n) is 3.87. The molecule has 0 heterocycles. The number of benzene rings is 2. The van der Waals surface area contributed by atoms with E-state index in [1.54, 1.807) is 24.3 Å². The van der Waals surface area contributed by atoms with E-state index >= 15 is 0 Å². The van der Waals surface area contributed by atoms with Crippen molar-refractivity contribution in [3.8, 4) is 0 Å². The summed E-state index contributed by atoms with van der Waals surface area (Å²) in [5.41, 5.74) is 1.46. The standard InChI is InChI=1S/C20H21ClN2O4/c1-27-20(26)12-17(15-9-5-6-10-16(15)21)23-19(25)13-22-18(24)11-14-7-3-2-4-8-14/h2-10,17H,11-13H2,1H3,(H,22,24)(H,23,25)/t17-/m0/s1. The lowest BCUT2D eigenvalue weighted by molar-refractivity contribution is -0.141. The number of rotatable bonds is 8. The number of hydrogen-bond acceptors (Lipinski definition) is 4. The molecular weight excluding hydrogens is 368 g/mol. The summed E-state index contributed by atoms with van der Waals surface area (Å²) in [6, 6.07) is 15.5. The molecule has 0 fully saturated rings. The summed E-state index contributed by atoms with van der Waals surface area (Å²) in [6.07, 6.45) is 0.119. The summed E-state index contributed by atoms with van der Waals surface area (Å²) in [7, 11) is 1.28. The van der Waals surface area contributed by atoms with Gasteiger partial charge in [0.1, 0.15) is 0 Å². The fraction of sp³-hybridized carbons (Fsp3) is 0.250. The molecule has 2 amide bonds. The Bertz CT molecular complexity index is 796. The van der Waals surface area contributed by atoms with Crippen molar-refractivity contribution in [1.29, 1.82) is 0 Å². The topological polar surface area (TPSA) is 84.5 Å². The highest BCUT2D eigenvalue weighted by Gasteiger charge is 2.21. The zero-order valence-electron chi connectivity index (χ0n) is 14.9. The lowest BCUT2D eigenvalue weighted by Crippen LogP contribution is -2.39. The molecule has 0 bridgehead atoms. The molecule has 1 atom stereocenters. The predicted octanol–water partition coefficient (Wildman–Crippen LogP) is 2.42. The first-order valence-electron chi connectivity index (χ1n) is 8.41. The van der Waals surface area contributed by atoms with Crippen LogP contribution in [-0.2, 0) is 25.5 Å². The number of amides is 2. The molecule has 27 heavy (non-hydrogen) atoms. The van der Waals surface area contributed by atoms with Gasteiger partial charge in [-0.25, -0.2) is 0 Å². The quantitative estimate of drug-likeness (QED) is 0.680. The number of nitrogens with one attached hydrogen (secondary N) is 2. The molecule has 2 N–H and O–H groups in total. The summed E-state index contributed by atoms with van der Waals surface area (Å²) < 4.78 is 4.69. The highest BCUT2D eigenvalue weighted by molar-refractivity contribution is 6.31. The van der Waals surface area contributed by atoms with Gasteiger partial charge in [0.05, 0.1) is 32.5 Å². The van der Waals surface area contributed by atoms with Crippen LogP contribution in [0.1, 0.15) is 23.6 Å². The van der Waals surface area contributed by atoms with Crippen LogP contribution in [-0.4, -0.2) is 31.4 Å². The Labute approximate surface area is 162 Å². The lowest BCUT2D eigenvalue weighted by atomic mass is 10.0. The van der Waals surface area contributed by atoms with Gasteiger partial charge in [0.15, 0.2) is 0 Å². The third-order valence-corrected chi connectivity index (χ3v) is 4.21. The first-order valence-corrected chi connectivity index (χ1v) is 8.78. The Kier molecular flexibility index (Phi) is 7.82. The highest BCUT2D eigenvalue weighted by atomic mass is 35.5. The average molecular weight is 389 g/mol. The smallest absolute Gasteiger partial charge is 0.307 e. The molecule has 0 aliphatic rings. The lowest BCUT2D eigenvalue weighted by Gasteiger charge is -2.19. The minimum Gasteiger partial charge on any atom is -0.469 e. The average Bonchev–Trinajstić information content (AvgIpc) is 2.67. The maximum atomic E-state index is 12.2. The van der Waals surface area contributed by atoms with E-state index in [1.165, 1.54) is 7.11 Å². The molecule has 0 aromatic heterocycles. The van der Waals surface area contributed by atoms with Crippen molar-refractivity contribution in [3.05, 3.63) is 70.7 Å². The van der Waals surface area contributed by atoms with Crippen molar-refractivity contribution in [3.63, 3.8) is 0 Å². The van der Waals surface area contributed by atoms with E-state index in [1.807, 2.05) is 30.3 Å². The Hall–Kier alpha value is -2.86. The van der Waals surface area contributed by atoms with Crippen molar-refractivity contribution in [2.75, 3.05) is 13.7 Å². The van der Waals surface area contributed by atoms with Crippen molar-refractivity contribution in [1.82, 2.24) is 10.6 Å². The summed E-state index contributed by atoms with van der Waals surface area (Å²) >= 11 is 6.17. The molecule has 6 nitrogen and oxygen atoms in total. The zero-order valence-corrected chi connectivity index (χ0v) is 15.7. The number of esters is 1. The Balaban J connectivity index is 1.94. The number of ether oxygens (including phenoxy) is 1. The van der Waals surface area contributed by atoms with Crippen molar-refractivity contribution in [2.45, 2.75) is 18.9 Å². The van der Waals surface area contributed by atoms with E-state index < -0.39 is 17.9 Å². The number of methoxy groups -OCH3 is 1. The molecule has 0 aliphatic carbocycles. The molecule has 7 heteroatoms. The Morgan fingerprint density at radius 3 is 2.33 bits per heavy atom. The molecule has 0 saturated carbocycles. The van der Waals surface area contributed by atoms with E-state index in [4.69, 9.17) is 11.6 Å². The molecule has 0 radical (unpaired) electrons. The van der Waals surface area contributed by atoms with Gasteiger partial charge in [-0.05, 0) is 17.2 Å². The number of carbonyl (C=O) groups excluding carboxylic acids is 3. The molecule has 2 aromatic rings. The predicted molar refractivity (Wildman–Crippen MR) is 102 cm³/mol. The molecule has 0 aliphatic heterocycles. The van der Waals surface area contributed by atoms with Crippen LogP contribution in [0.4, 0.5) is 0 Å². The SMILES string of the molecule is COC(=O)C[C@H](NC(=O)CNC(=O)Cc1ccccc1)c1ccccc1Cl. The fourth-order valence-corrected chi connectivity index (χ4v) is 2.78. The van der Waals surface area contributed by atoms with E-state index in [0.29, 0.717) is 10.6 Å². The van der Waals surface area contributed by atoms with Crippen molar-refractivity contribution >= 4 is 29.4 Å². The van der Waals surface area contributed by atoms with Gasteiger partial charge in [0, 0.05) is 5.02 Å². The van der Waals surface area contributed by atoms with Gasteiger partial charge in [-0.2, -0.15) is 0 Å². The van der Waals surface area contributed by atoms with Crippen LogP contribution >= 0.6 is 11.6 Å². The minimum atomic E-state index is -0.648. The first kappa shape index (κ1) is 20.5. The number of hydrogen-bond donors (Lipinski definition) is 2. The van der Waals surface area contributed by atoms with Gasteiger partial charge >= 0.3 is 5.97 Å². The molecule has 0 unspecified atom stereocenters. The maximum absolute atomic E-state index is 12.2. The second-order valence-electron chi connectivity index (χ2n) is 5.86. The molecule has 0 saturated heterocycles. The summed E-state index contributed by atoms with van der Waals surface area (Å²) in [5.74, 6) is -1.17. The highest BCUT2D eigenvalue weighted by Crippen LogP contribution is 2.25. The van der Waals surface area contributed by atoms with Gasteiger partial charge in [-0.1, -0.05) is 60.1 Å². The molecular formula is C20H21ClN2O4. The van der Waals surface area contributed by atoms with Crippen LogP contribution in [0.2, 0.25) is 5.02 Å². The van der Waals surface area contributed by atoms with Gasteiger partial charge in [-0.3, -0.25) is 14.4 Å². The zero-order chi connectivity index (χ0) is 19.6. The number of halogens is 1. The maximum Gasteiger partial charge on any atom is 0.307 e. The summed E-state index contributed by atoms with van der Waals surface area (Å²) in [5, 5.41) is 5.72. The second kappa shape index (κ2) is 10.3. The first-order chi connectivity index (χ1) is 13.0. The summed E-state index contributed by atoms with van der Waals surface area (Å²) in [6.45, 7) is -0.201. The largest absolute Gasteiger partial charge is 0.469 e. The normalized spacial score (nSPS) is 11.3. The van der Waals surface area contributed by atoms with E-state index in [-0.39, 0.29) is 25.3 Å². The van der Waals surface area contributed by atoms with Gasteiger partial charge < -0.3 is 15.4 Å². The van der Waals surface area contributed by atoms with Crippen LogP contribution in [0.15, 0.2) is 54.6 Å². The molecule has 142 valence electrons. The van der Waals surface area contributed by atoms with Crippen LogP contribution in [0.25, 0.3) is 0 Å². The van der Waals surface area contributed by atoms with Crippen LogP contribution < -0.4 is 10.6 Å². The van der Waals surface area contributed by atoms with Crippen LogP contribution in [0, 0.1) is 0 Å². The van der Waals surface area contributed by atoms with Gasteiger partial charge in [0.2, 0.25) is 11.8 Å². The monoisotopic (exact) mass is 388 g/mol. The van der Waals surface area contributed by atoms with Crippen LogP contribution in [0.3, 0.4) is 0 Å². The number of carbonyl (C=O) groups is 3. The molecule has 2 aromatic carbocycles. The Morgan fingerprint density at radius 1 is 1.00 bits per heavy atom. The van der Waals surface area contributed by atoms with Crippen molar-refractivity contribution in [2.24, 2.45) is 0 Å².